The van der Waals surface area contributed by atoms with E-state index in [1.807, 2.05) is 6.92 Å². The second-order valence-corrected chi connectivity index (χ2v) is 4.93. The topological polar surface area (TPSA) is 40.5 Å². The first-order chi connectivity index (χ1) is 5.40. The summed E-state index contributed by atoms with van der Waals surface area (Å²) in [5.41, 5.74) is -0.590. The fourth-order valence-electron chi connectivity index (χ4n) is 2.54. The van der Waals surface area contributed by atoms with Crippen molar-refractivity contribution >= 4 is 0 Å². The minimum Gasteiger partial charge on any atom is -0.396 e. The Labute approximate surface area is 74.6 Å². The predicted molar refractivity (Wildman–Crippen MR) is 48.8 cm³/mol. The lowest BCUT2D eigenvalue weighted by atomic mass is 9.62. The molecule has 2 heteroatoms. The van der Waals surface area contributed by atoms with E-state index in [2.05, 4.69) is 13.8 Å². The number of aliphatic hydroxyl groups is 2. The van der Waals surface area contributed by atoms with Gasteiger partial charge in [0.15, 0.2) is 0 Å². The number of aliphatic hydroxyl groups excluding tert-OH is 1. The first kappa shape index (κ1) is 10.0. The zero-order valence-electron chi connectivity index (χ0n) is 8.30. The molecule has 1 fully saturated rings. The lowest BCUT2D eigenvalue weighted by molar-refractivity contribution is -0.108. The van der Waals surface area contributed by atoms with Crippen molar-refractivity contribution in [2.45, 2.75) is 45.6 Å². The second-order valence-electron chi connectivity index (χ2n) is 4.93. The van der Waals surface area contributed by atoms with Crippen molar-refractivity contribution in [3.05, 3.63) is 0 Å². The average molecular weight is 172 g/mol. The van der Waals surface area contributed by atoms with Crippen molar-refractivity contribution in [2.75, 3.05) is 6.61 Å². The molecule has 0 aromatic heterocycles. The van der Waals surface area contributed by atoms with Crippen molar-refractivity contribution in [3.8, 4) is 0 Å². The molecule has 2 N–H and O–H groups in total. The van der Waals surface area contributed by atoms with E-state index in [9.17, 15) is 10.2 Å². The van der Waals surface area contributed by atoms with Gasteiger partial charge in [-0.3, -0.25) is 0 Å². The van der Waals surface area contributed by atoms with E-state index in [-0.39, 0.29) is 17.9 Å². The Balaban J connectivity index is 2.81. The molecule has 0 spiro atoms. The van der Waals surface area contributed by atoms with E-state index in [0.717, 1.165) is 19.3 Å². The summed E-state index contributed by atoms with van der Waals surface area (Å²) >= 11 is 0. The molecule has 1 saturated carbocycles. The fraction of sp³-hybridized carbons (Fsp3) is 1.00. The van der Waals surface area contributed by atoms with E-state index in [1.54, 1.807) is 0 Å². The Bertz CT molecular complexity index is 145. The Hall–Kier alpha value is -0.0800. The minimum atomic E-state index is -0.670. The van der Waals surface area contributed by atoms with Gasteiger partial charge in [0.05, 0.1) is 5.60 Å². The highest BCUT2D eigenvalue weighted by atomic mass is 16.3. The Morgan fingerprint density at radius 3 is 2.17 bits per heavy atom. The number of rotatable bonds is 1. The molecule has 12 heavy (non-hydrogen) atoms. The lowest BCUT2D eigenvalue weighted by Crippen LogP contribution is -2.48. The van der Waals surface area contributed by atoms with Gasteiger partial charge in [-0.25, -0.2) is 0 Å². The van der Waals surface area contributed by atoms with Crippen molar-refractivity contribution in [1.29, 1.82) is 0 Å². The summed E-state index contributed by atoms with van der Waals surface area (Å²) < 4.78 is 0. The minimum absolute atomic E-state index is 0.0266. The van der Waals surface area contributed by atoms with Crippen LogP contribution in [0.15, 0.2) is 0 Å². The molecule has 0 amide bonds. The highest BCUT2D eigenvalue weighted by Gasteiger charge is 2.44. The largest absolute Gasteiger partial charge is 0.396 e. The molecule has 0 aromatic rings. The van der Waals surface area contributed by atoms with Gasteiger partial charge in [-0.05, 0) is 25.2 Å². The summed E-state index contributed by atoms with van der Waals surface area (Å²) in [6.45, 7) is 6.19. The molecule has 0 aliphatic heterocycles. The van der Waals surface area contributed by atoms with Crippen molar-refractivity contribution in [2.24, 2.45) is 11.3 Å². The number of hydrogen-bond donors (Lipinski definition) is 2. The third kappa shape index (κ3) is 1.64. The van der Waals surface area contributed by atoms with Crippen LogP contribution < -0.4 is 0 Å². The van der Waals surface area contributed by atoms with Gasteiger partial charge in [-0.1, -0.05) is 20.3 Å². The Morgan fingerprint density at radius 1 is 1.25 bits per heavy atom. The normalized spacial score (nSPS) is 41.2. The predicted octanol–water partition coefficient (Wildman–Crippen LogP) is 1.56. The van der Waals surface area contributed by atoms with Crippen LogP contribution in [0.3, 0.4) is 0 Å². The molecular weight excluding hydrogens is 152 g/mol. The maximum absolute atomic E-state index is 10.0. The molecule has 2 atom stereocenters. The maximum Gasteiger partial charge on any atom is 0.0674 e. The van der Waals surface area contributed by atoms with Gasteiger partial charge in [-0.2, -0.15) is 0 Å². The molecule has 2 unspecified atom stereocenters. The second kappa shape index (κ2) is 3.00. The smallest absolute Gasteiger partial charge is 0.0674 e. The Kier molecular flexibility index (Phi) is 2.50. The maximum atomic E-state index is 10.0. The van der Waals surface area contributed by atoms with Crippen molar-refractivity contribution < 1.29 is 10.2 Å². The third-order valence-electron chi connectivity index (χ3n) is 3.38. The SMILES string of the molecule is CC1(C)CCCC(C)(O)C1CO. The number of hydrogen-bond acceptors (Lipinski definition) is 2. The van der Waals surface area contributed by atoms with Gasteiger partial charge in [0.25, 0.3) is 0 Å². The monoisotopic (exact) mass is 172 g/mol. The summed E-state index contributed by atoms with van der Waals surface area (Å²) in [5, 5.41) is 19.2. The zero-order chi connectivity index (χ0) is 9.41. The standard InChI is InChI=1S/C10H20O2/c1-9(2)5-4-6-10(3,12)8(9)7-11/h8,11-12H,4-7H2,1-3H3. The third-order valence-corrected chi connectivity index (χ3v) is 3.38. The van der Waals surface area contributed by atoms with Crippen molar-refractivity contribution in [1.82, 2.24) is 0 Å². The average Bonchev–Trinajstić information content (AvgIpc) is 1.83. The summed E-state index contributed by atoms with van der Waals surface area (Å²) in [4.78, 5) is 0. The molecule has 0 radical (unpaired) electrons. The fourth-order valence-corrected chi connectivity index (χ4v) is 2.54. The highest BCUT2D eigenvalue weighted by Crippen LogP contribution is 2.45. The van der Waals surface area contributed by atoms with Gasteiger partial charge in [-0.15, -0.1) is 0 Å². The molecule has 2 nitrogen and oxygen atoms in total. The van der Waals surface area contributed by atoms with E-state index in [0.29, 0.717) is 0 Å². The summed E-state index contributed by atoms with van der Waals surface area (Å²) in [6, 6.07) is 0. The molecular formula is C10H20O2. The van der Waals surface area contributed by atoms with Gasteiger partial charge in [0.1, 0.15) is 0 Å². The van der Waals surface area contributed by atoms with Crippen LogP contribution in [-0.2, 0) is 0 Å². The molecule has 0 heterocycles. The molecule has 0 bridgehead atoms. The van der Waals surface area contributed by atoms with Crippen LogP contribution in [0.2, 0.25) is 0 Å². The van der Waals surface area contributed by atoms with Crippen molar-refractivity contribution in [3.63, 3.8) is 0 Å². The molecule has 0 aromatic carbocycles. The van der Waals surface area contributed by atoms with Crippen LogP contribution in [0.1, 0.15) is 40.0 Å². The summed E-state index contributed by atoms with van der Waals surface area (Å²) in [7, 11) is 0. The first-order valence-electron chi connectivity index (χ1n) is 4.73. The molecule has 72 valence electrons. The highest BCUT2D eigenvalue weighted by molar-refractivity contribution is 4.95. The quantitative estimate of drug-likeness (QED) is 0.630. The Morgan fingerprint density at radius 2 is 1.83 bits per heavy atom. The van der Waals surface area contributed by atoms with Crippen LogP contribution in [-0.4, -0.2) is 22.4 Å². The molecule has 1 aliphatic rings. The van der Waals surface area contributed by atoms with E-state index in [1.165, 1.54) is 0 Å². The van der Waals surface area contributed by atoms with Gasteiger partial charge < -0.3 is 10.2 Å². The first-order valence-corrected chi connectivity index (χ1v) is 4.73. The molecule has 0 saturated heterocycles. The van der Waals surface area contributed by atoms with Gasteiger partial charge in [0.2, 0.25) is 0 Å². The van der Waals surface area contributed by atoms with E-state index < -0.39 is 5.60 Å². The van der Waals surface area contributed by atoms with Crippen LogP contribution >= 0.6 is 0 Å². The zero-order valence-corrected chi connectivity index (χ0v) is 8.30. The van der Waals surface area contributed by atoms with E-state index >= 15 is 0 Å². The molecule has 1 rings (SSSR count). The van der Waals surface area contributed by atoms with Crippen LogP contribution in [0.4, 0.5) is 0 Å². The lowest BCUT2D eigenvalue weighted by Gasteiger charge is -2.47. The molecule has 1 aliphatic carbocycles. The van der Waals surface area contributed by atoms with Crippen LogP contribution in [0.5, 0.6) is 0 Å². The van der Waals surface area contributed by atoms with Crippen LogP contribution in [0, 0.1) is 11.3 Å². The van der Waals surface area contributed by atoms with Crippen LogP contribution in [0.25, 0.3) is 0 Å². The van der Waals surface area contributed by atoms with Gasteiger partial charge >= 0.3 is 0 Å². The van der Waals surface area contributed by atoms with Gasteiger partial charge in [0, 0.05) is 12.5 Å². The van der Waals surface area contributed by atoms with E-state index in [4.69, 9.17) is 0 Å². The summed E-state index contributed by atoms with van der Waals surface area (Å²) in [6.07, 6.45) is 2.99. The summed E-state index contributed by atoms with van der Waals surface area (Å²) in [5.74, 6) is 0.0266.